The third-order valence-electron chi connectivity index (χ3n) is 3.11. The van der Waals surface area contributed by atoms with Gasteiger partial charge in [0.25, 0.3) is 5.91 Å². The molecule has 0 aromatic heterocycles. The van der Waals surface area contributed by atoms with Crippen molar-refractivity contribution in [2.45, 2.75) is 19.8 Å². The van der Waals surface area contributed by atoms with Crippen molar-refractivity contribution < 1.29 is 9.53 Å². The molecule has 0 aliphatic carbocycles. The maximum atomic E-state index is 11.9. The lowest BCUT2D eigenvalue weighted by molar-refractivity contribution is 0.0955. The minimum absolute atomic E-state index is 0.223. The zero-order valence-electron chi connectivity index (χ0n) is 13.0. The Balaban J connectivity index is 1.86. The quantitative estimate of drug-likeness (QED) is 0.314. The predicted molar refractivity (Wildman–Crippen MR) is 101 cm³/mol. The Morgan fingerprint density at radius 2 is 2.04 bits per heavy atom. The number of benzene rings is 2. The van der Waals surface area contributed by atoms with Gasteiger partial charge in [-0.25, -0.2) is 5.43 Å². The predicted octanol–water partition coefficient (Wildman–Crippen LogP) is 4.23. The van der Waals surface area contributed by atoms with E-state index in [0.717, 1.165) is 34.3 Å². The monoisotopic (exact) mass is 422 g/mol. The molecule has 0 aliphatic heterocycles. The van der Waals surface area contributed by atoms with Crippen LogP contribution in [0.3, 0.4) is 0 Å². The highest BCUT2D eigenvalue weighted by molar-refractivity contribution is 14.1. The number of rotatable bonds is 7. The SMILES string of the molecule is CCCCOc1ccc(/C=N\NC(=O)c2cccc(I)c2)cc1. The van der Waals surface area contributed by atoms with Gasteiger partial charge in [0.05, 0.1) is 12.8 Å². The van der Waals surface area contributed by atoms with Crippen molar-refractivity contribution in [3.8, 4) is 5.75 Å². The van der Waals surface area contributed by atoms with E-state index in [4.69, 9.17) is 4.74 Å². The van der Waals surface area contributed by atoms with Gasteiger partial charge in [-0.05, 0) is 77.0 Å². The maximum absolute atomic E-state index is 11.9. The van der Waals surface area contributed by atoms with Crippen LogP contribution in [-0.4, -0.2) is 18.7 Å². The molecule has 0 bridgehead atoms. The molecule has 0 radical (unpaired) electrons. The van der Waals surface area contributed by atoms with Crippen LogP contribution >= 0.6 is 22.6 Å². The van der Waals surface area contributed by atoms with Crippen molar-refractivity contribution in [1.29, 1.82) is 0 Å². The largest absolute Gasteiger partial charge is 0.494 e. The van der Waals surface area contributed by atoms with Crippen LogP contribution in [-0.2, 0) is 0 Å². The highest BCUT2D eigenvalue weighted by Gasteiger charge is 2.03. The van der Waals surface area contributed by atoms with Crippen LogP contribution in [0, 0.1) is 3.57 Å². The molecular formula is C18H19IN2O2. The molecule has 1 amide bonds. The van der Waals surface area contributed by atoms with Crippen LogP contribution in [0.1, 0.15) is 35.7 Å². The Morgan fingerprint density at radius 3 is 2.74 bits per heavy atom. The fraction of sp³-hybridized carbons (Fsp3) is 0.222. The van der Waals surface area contributed by atoms with E-state index >= 15 is 0 Å². The third-order valence-corrected chi connectivity index (χ3v) is 3.78. The van der Waals surface area contributed by atoms with Gasteiger partial charge in [-0.2, -0.15) is 5.10 Å². The number of nitrogens with zero attached hydrogens (tertiary/aromatic N) is 1. The van der Waals surface area contributed by atoms with Crippen LogP contribution in [0.2, 0.25) is 0 Å². The molecule has 0 atom stereocenters. The molecule has 0 unspecified atom stereocenters. The van der Waals surface area contributed by atoms with Crippen molar-refractivity contribution in [3.63, 3.8) is 0 Å². The number of ether oxygens (including phenoxy) is 1. The summed E-state index contributed by atoms with van der Waals surface area (Å²) < 4.78 is 6.61. The zero-order chi connectivity index (χ0) is 16.5. The lowest BCUT2D eigenvalue weighted by Gasteiger charge is -2.05. The summed E-state index contributed by atoms with van der Waals surface area (Å²) in [5.74, 6) is 0.623. The molecule has 0 spiro atoms. The first-order valence-corrected chi connectivity index (χ1v) is 8.58. The van der Waals surface area contributed by atoms with E-state index in [9.17, 15) is 4.79 Å². The lowest BCUT2D eigenvalue weighted by Crippen LogP contribution is -2.17. The molecular weight excluding hydrogens is 403 g/mol. The van der Waals surface area contributed by atoms with E-state index in [2.05, 4.69) is 40.0 Å². The van der Waals surface area contributed by atoms with E-state index < -0.39 is 0 Å². The maximum Gasteiger partial charge on any atom is 0.271 e. The number of hydrazone groups is 1. The Hall–Kier alpha value is -1.89. The van der Waals surface area contributed by atoms with Crippen LogP contribution in [0.15, 0.2) is 53.6 Å². The molecule has 0 heterocycles. The Morgan fingerprint density at radius 1 is 1.26 bits per heavy atom. The Labute approximate surface area is 150 Å². The number of hydrogen-bond acceptors (Lipinski definition) is 3. The van der Waals surface area contributed by atoms with Crippen LogP contribution < -0.4 is 10.2 Å². The summed E-state index contributed by atoms with van der Waals surface area (Å²) in [4.78, 5) is 11.9. The second-order valence-electron chi connectivity index (χ2n) is 4.98. The summed E-state index contributed by atoms with van der Waals surface area (Å²) in [6.45, 7) is 2.86. The van der Waals surface area contributed by atoms with Crippen LogP contribution in [0.25, 0.3) is 0 Å². The molecule has 0 fully saturated rings. The fourth-order valence-electron chi connectivity index (χ4n) is 1.84. The summed E-state index contributed by atoms with van der Waals surface area (Å²) in [7, 11) is 0. The third kappa shape index (κ3) is 6.02. The first-order valence-electron chi connectivity index (χ1n) is 7.51. The average Bonchev–Trinajstić information content (AvgIpc) is 2.56. The van der Waals surface area contributed by atoms with Gasteiger partial charge < -0.3 is 4.74 Å². The molecule has 4 nitrogen and oxygen atoms in total. The molecule has 2 rings (SSSR count). The minimum atomic E-state index is -0.223. The highest BCUT2D eigenvalue weighted by atomic mass is 127. The fourth-order valence-corrected chi connectivity index (χ4v) is 2.39. The number of amides is 1. The second kappa shape index (κ2) is 9.29. The van der Waals surface area contributed by atoms with E-state index in [1.54, 1.807) is 12.3 Å². The van der Waals surface area contributed by atoms with Gasteiger partial charge in [0.2, 0.25) is 0 Å². The van der Waals surface area contributed by atoms with E-state index in [1.807, 2.05) is 42.5 Å². The molecule has 2 aromatic carbocycles. The van der Waals surface area contributed by atoms with Crippen molar-refractivity contribution in [2.75, 3.05) is 6.61 Å². The van der Waals surface area contributed by atoms with Gasteiger partial charge in [-0.15, -0.1) is 0 Å². The number of carbonyl (C=O) groups is 1. The summed E-state index contributed by atoms with van der Waals surface area (Å²) in [6.07, 6.45) is 3.78. The van der Waals surface area contributed by atoms with Gasteiger partial charge >= 0.3 is 0 Å². The molecule has 2 aromatic rings. The van der Waals surface area contributed by atoms with Crippen LogP contribution in [0.4, 0.5) is 0 Å². The zero-order valence-corrected chi connectivity index (χ0v) is 15.1. The van der Waals surface area contributed by atoms with Crippen molar-refractivity contribution in [1.82, 2.24) is 5.43 Å². The highest BCUT2D eigenvalue weighted by Crippen LogP contribution is 2.11. The van der Waals surface area contributed by atoms with Gasteiger partial charge in [-0.3, -0.25) is 4.79 Å². The molecule has 0 saturated heterocycles. The summed E-state index contributed by atoms with van der Waals surface area (Å²) in [5, 5.41) is 3.98. The van der Waals surface area contributed by atoms with Crippen LogP contribution in [0.5, 0.6) is 5.75 Å². The van der Waals surface area contributed by atoms with Gasteiger partial charge in [0, 0.05) is 9.13 Å². The lowest BCUT2D eigenvalue weighted by atomic mass is 10.2. The number of unbranched alkanes of at least 4 members (excludes halogenated alkanes) is 1. The first-order chi connectivity index (χ1) is 11.2. The number of carbonyl (C=O) groups excluding carboxylic acids is 1. The molecule has 120 valence electrons. The normalized spacial score (nSPS) is 10.7. The standard InChI is InChI=1S/C18H19IN2O2/c1-2-3-11-23-17-9-7-14(8-10-17)13-20-21-18(22)15-5-4-6-16(19)12-15/h4-10,12-13H,2-3,11H2,1H3,(H,21,22)/b20-13-. The summed E-state index contributed by atoms with van der Waals surface area (Å²) in [6, 6.07) is 15.0. The first kappa shape index (κ1) is 17.5. The van der Waals surface area contributed by atoms with E-state index in [0.29, 0.717) is 5.56 Å². The van der Waals surface area contributed by atoms with Crippen molar-refractivity contribution >= 4 is 34.7 Å². The van der Waals surface area contributed by atoms with E-state index in [1.165, 1.54) is 0 Å². The van der Waals surface area contributed by atoms with Gasteiger partial charge in [0.15, 0.2) is 0 Å². The second-order valence-corrected chi connectivity index (χ2v) is 6.23. The van der Waals surface area contributed by atoms with E-state index in [-0.39, 0.29) is 5.91 Å². The number of hydrogen-bond donors (Lipinski definition) is 1. The average molecular weight is 422 g/mol. The Kier molecular flexibility index (Phi) is 7.06. The van der Waals surface area contributed by atoms with Crippen molar-refractivity contribution in [2.24, 2.45) is 5.10 Å². The Bertz CT molecular complexity index is 669. The molecule has 1 N–H and O–H groups in total. The number of halogens is 1. The molecule has 0 saturated carbocycles. The molecule has 5 heteroatoms. The van der Waals surface area contributed by atoms with Crippen molar-refractivity contribution in [3.05, 3.63) is 63.2 Å². The van der Waals surface area contributed by atoms with Gasteiger partial charge in [-0.1, -0.05) is 19.4 Å². The minimum Gasteiger partial charge on any atom is -0.494 e. The topological polar surface area (TPSA) is 50.7 Å². The molecule has 0 aliphatic rings. The number of nitrogens with one attached hydrogen (secondary N) is 1. The molecule has 23 heavy (non-hydrogen) atoms. The summed E-state index contributed by atoms with van der Waals surface area (Å²) in [5.41, 5.74) is 4.02. The smallest absolute Gasteiger partial charge is 0.271 e. The summed E-state index contributed by atoms with van der Waals surface area (Å²) >= 11 is 2.17. The van der Waals surface area contributed by atoms with Gasteiger partial charge in [0.1, 0.15) is 5.75 Å².